The van der Waals surface area contributed by atoms with Gasteiger partial charge in [-0.1, -0.05) is 0 Å². The third-order valence-electron chi connectivity index (χ3n) is 1.80. The first-order valence-electron chi connectivity index (χ1n) is 3.84. The first kappa shape index (κ1) is 7.85. The molecule has 0 radical (unpaired) electrons. The summed E-state index contributed by atoms with van der Waals surface area (Å²) in [4.78, 5) is 23.3. The number of nitrogens with zero attached hydrogens (tertiary/aromatic N) is 4. The van der Waals surface area contributed by atoms with E-state index in [0.29, 0.717) is 11.3 Å². The first-order chi connectivity index (χ1) is 6.18. The monoisotopic (exact) mass is 176 g/mol. The molecule has 2 rings (SSSR count). The Kier molecular flexibility index (Phi) is 1.58. The molecule has 66 valence electrons. The summed E-state index contributed by atoms with van der Waals surface area (Å²) >= 11 is 0. The molecule has 0 unspecified atom stereocenters. The topological polar surface area (TPSA) is 60.7 Å². The molecule has 0 bridgehead atoms. The van der Waals surface area contributed by atoms with Gasteiger partial charge in [-0.05, 0) is 6.92 Å². The molecule has 0 amide bonds. The van der Waals surface area contributed by atoms with Crippen LogP contribution in [-0.2, 0) is 7.05 Å². The molecule has 0 atom stereocenters. The summed E-state index contributed by atoms with van der Waals surface area (Å²) in [6, 6.07) is 0. The highest BCUT2D eigenvalue weighted by molar-refractivity contribution is 5.64. The van der Waals surface area contributed by atoms with Gasteiger partial charge >= 0.3 is 0 Å². The lowest BCUT2D eigenvalue weighted by Crippen LogP contribution is -2.18. The second kappa shape index (κ2) is 2.62. The van der Waals surface area contributed by atoms with E-state index >= 15 is 0 Å². The number of rotatable bonds is 0. The molecule has 5 nitrogen and oxygen atoms in total. The Bertz CT molecular complexity index is 517. The van der Waals surface area contributed by atoms with E-state index in [1.165, 1.54) is 10.8 Å². The van der Waals surface area contributed by atoms with Crippen molar-refractivity contribution in [3.05, 3.63) is 28.4 Å². The number of hydrogen-bond acceptors (Lipinski definition) is 4. The Morgan fingerprint density at radius 2 is 2.00 bits per heavy atom. The molecule has 0 aliphatic heterocycles. The fraction of sp³-hybridized carbons (Fsp3) is 0.250. The van der Waals surface area contributed by atoms with Crippen molar-refractivity contribution in [1.82, 2.24) is 19.5 Å². The first-order valence-corrected chi connectivity index (χ1v) is 3.84. The van der Waals surface area contributed by atoms with E-state index in [-0.39, 0.29) is 5.56 Å². The average Bonchev–Trinajstić information content (AvgIpc) is 2.12. The van der Waals surface area contributed by atoms with Crippen molar-refractivity contribution >= 4 is 11.3 Å². The van der Waals surface area contributed by atoms with Gasteiger partial charge in [-0.25, -0.2) is 15.0 Å². The minimum Gasteiger partial charge on any atom is -0.292 e. The van der Waals surface area contributed by atoms with E-state index in [9.17, 15) is 4.79 Å². The van der Waals surface area contributed by atoms with Crippen molar-refractivity contribution < 1.29 is 0 Å². The van der Waals surface area contributed by atoms with Crippen LogP contribution in [-0.4, -0.2) is 19.5 Å². The second-order valence-electron chi connectivity index (χ2n) is 2.81. The number of aryl methyl sites for hydroxylation is 2. The molecule has 0 fully saturated rings. The molecule has 0 N–H and O–H groups in total. The smallest absolute Gasteiger partial charge is 0.270 e. The van der Waals surface area contributed by atoms with Crippen LogP contribution >= 0.6 is 0 Å². The molecule has 0 aromatic carbocycles. The highest BCUT2D eigenvalue weighted by atomic mass is 16.1. The molecule has 0 aliphatic rings. The van der Waals surface area contributed by atoms with Crippen LogP contribution in [0.25, 0.3) is 11.3 Å². The van der Waals surface area contributed by atoms with Gasteiger partial charge in [-0.2, -0.15) is 0 Å². The normalized spacial score (nSPS) is 10.6. The second-order valence-corrected chi connectivity index (χ2v) is 2.81. The van der Waals surface area contributed by atoms with Gasteiger partial charge in [0, 0.05) is 7.05 Å². The maximum absolute atomic E-state index is 11.2. The van der Waals surface area contributed by atoms with Gasteiger partial charge in [0.05, 0.1) is 18.1 Å². The SMILES string of the molecule is Cc1cnc2ncc(=O)n(C)c2n1. The zero-order valence-electron chi connectivity index (χ0n) is 7.35. The molecule has 13 heavy (non-hydrogen) atoms. The van der Waals surface area contributed by atoms with E-state index in [4.69, 9.17) is 0 Å². The third-order valence-corrected chi connectivity index (χ3v) is 1.80. The van der Waals surface area contributed by atoms with E-state index in [1.807, 2.05) is 6.92 Å². The van der Waals surface area contributed by atoms with Crippen LogP contribution in [0.2, 0.25) is 0 Å². The third kappa shape index (κ3) is 1.18. The van der Waals surface area contributed by atoms with Gasteiger partial charge in [0.2, 0.25) is 0 Å². The minimum atomic E-state index is -0.174. The van der Waals surface area contributed by atoms with Crippen molar-refractivity contribution in [2.75, 3.05) is 0 Å². The Balaban J connectivity index is 2.97. The zero-order chi connectivity index (χ0) is 9.42. The van der Waals surface area contributed by atoms with Gasteiger partial charge in [-0.15, -0.1) is 0 Å². The predicted molar refractivity (Wildman–Crippen MR) is 47.3 cm³/mol. The Morgan fingerprint density at radius 1 is 1.31 bits per heavy atom. The Labute approximate surface area is 74.1 Å². The van der Waals surface area contributed by atoms with Crippen LogP contribution in [0.1, 0.15) is 5.69 Å². The van der Waals surface area contributed by atoms with Gasteiger partial charge in [0.15, 0.2) is 11.3 Å². The zero-order valence-corrected chi connectivity index (χ0v) is 7.35. The molecular formula is C8H8N4O. The van der Waals surface area contributed by atoms with Crippen molar-refractivity contribution in [3.8, 4) is 0 Å². The van der Waals surface area contributed by atoms with Gasteiger partial charge in [0.25, 0.3) is 5.56 Å². The largest absolute Gasteiger partial charge is 0.292 e. The summed E-state index contributed by atoms with van der Waals surface area (Å²) in [7, 11) is 1.65. The van der Waals surface area contributed by atoms with E-state index < -0.39 is 0 Å². The minimum absolute atomic E-state index is 0.174. The molecule has 0 aliphatic carbocycles. The molecule has 2 aromatic heterocycles. The van der Waals surface area contributed by atoms with Gasteiger partial charge < -0.3 is 0 Å². The van der Waals surface area contributed by atoms with Crippen LogP contribution in [0.3, 0.4) is 0 Å². The van der Waals surface area contributed by atoms with Gasteiger partial charge in [0.1, 0.15) is 0 Å². The summed E-state index contributed by atoms with van der Waals surface area (Å²) in [5, 5.41) is 0. The number of hydrogen-bond donors (Lipinski definition) is 0. The standard InChI is InChI=1S/C8H8N4O/c1-5-3-9-7-8(11-5)12(2)6(13)4-10-7/h3-4H,1-2H3. The van der Waals surface area contributed by atoms with Gasteiger partial charge in [-0.3, -0.25) is 9.36 Å². The summed E-state index contributed by atoms with van der Waals surface area (Å²) < 4.78 is 1.43. The molecule has 5 heteroatoms. The number of fused-ring (bicyclic) bond motifs is 1. The summed E-state index contributed by atoms with van der Waals surface area (Å²) in [6.45, 7) is 1.82. The molecular weight excluding hydrogens is 168 g/mol. The molecule has 0 saturated carbocycles. The summed E-state index contributed by atoms with van der Waals surface area (Å²) in [6.07, 6.45) is 2.87. The lowest BCUT2D eigenvalue weighted by atomic mass is 10.5. The fourth-order valence-corrected chi connectivity index (χ4v) is 1.08. The predicted octanol–water partition coefficient (Wildman–Crippen LogP) is 0.0319. The molecule has 2 heterocycles. The maximum Gasteiger partial charge on any atom is 0.270 e. The van der Waals surface area contributed by atoms with Crippen LogP contribution in [0.15, 0.2) is 17.2 Å². The van der Waals surface area contributed by atoms with E-state index in [2.05, 4.69) is 15.0 Å². The van der Waals surface area contributed by atoms with Crippen LogP contribution in [0.4, 0.5) is 0 Å². The Hall–Kier alpha value is -1.78. The lowest BCUT2D eigenvalue weighted by molar-refractivity contribution is 0.862. The summed E-state index contributed by atoms with van der Waals surface area (Å²) in [5.41, 5.74) is 1.61. The van der Waals surface area contributed by atoms with Crippen molar-refractivity contribution in [2.24, 2.45) is 7.05 Å². The van der Waals surface area contributed by atoms with E-state index in [0.717, 1.165) is 5.69 Å². The Morgan fingerprint density at radius 3 is 2.77 bits per heavy atom. The van der Waals surface area contributed by atoms with Crippen molar-refractivity contribution in [3.63, 3.8) is 0 Å². The maximum atomic E-state index is 11.2. The highest BCUT2D eigenvalue weighted by Crippen LogP contribution is 2.01. The van der Waals surface area contributed by atoms with Crippen LogP contribution < -0.4 is 5.56 Å². The highest BCUT2D eigenvalue weighted by Gasteiger charge is 2.02. The molecule has 0 spiro atoms. The van der Waals surface area contributed by atoms with Crippen molar-refractivity contribution in [2.45, 2.75) is 6.92 Å². The van der Waals surface area contributed by atoms with E-state index in [1.54, 1.807) is 13.2 Å². The van der Waals surface area contributed by atoms with Crippen LogP contribution in [0.5, 0.6) is 0 Å². The molecule has 0 saturated heterocycles. The van der Waals surface area contributed by atoms with Crippen LogP contribution in [0, 0.1) is 6.92 Å². The lowest BCUT2D eigenvalue weighted by Gasteiger charge is -2.01. The number of aromatic nitrogens is 4. The van der Waals surface area contributed by atoms with Crippen molar-refractivity contribution in [1.29, 1.82) is 0 Å². The fourth-order valence-electron chi connectivity index (χ4n) is 1.08. The average molecular weight is 176 g/mol. The molecule has 2 aromatic rings. The quantitative estimate of drug-likeness (QED) is 0.568. The summed E-state index contributed by atoms with van der Waals surface area (Å²) in [5.74, 6) is 0.